The molecule has 0 aliphatic heterocycles. The van der Waals surface area contributed by atoms with Crippen LogP contribution in [0.15, 0.2) is 0 Å². The average Bonchev–Trinajstić information content (AvgIpc) is 1.61. The van der Waals surface area contributed by atoms with E-state index >= 15 is 0 Å². The lowest BCUT2D eigenvalue weighted by Crippen LogP contribution is -1.85. The minimum Gasteiger partial charge on any atom is -0.414 e. The van der Waals surface area contributed by atoms with Gasteiger partial charge in [-0.1, -0.05) is 0 Å². The van der Waals surface area contributed by atoms with Crippen LogP contribution in [0.25, 0.3) is 0 Å². The molecule has 0 aliphatic carbocycles. The molecule has 0 aromatic heterocycles. The van der Waals surface area contributed by atoms with E-state index < -0.39 is 9.76 Å². The molecule has 1 nitrogen and oxygen atoms in total. The van der Waals surface area contributed by atoms with Crippen LogP contribution in [0.5, 0.6) is 0 Å². The van der Waals surface area contributed by atoms with Crippen molar-refractivity contribution in [3.63, 3.8) is 0 Å². The molecule has 0 radical (unpaired) electrons. The fourth-order valence-electron chi connectivity index (χ4n) is 0.144. The molecule has 34 valence electrons. The fraction of sp³-hybridized carbons (Fsp3) is 0.500. The second-order valence-electron chi connectivity index (χ2n) is 0.860. The predicted octanol–water partition coefficient (Wildman–Crippen LogP) is -0.303. The maximum atomic E-state index is 4.75. The first kappa shape index (κ1) is 5.74. The lowest BCUT2D eigenvalue weighted by Gasteiger charge is -1.76. The van der Waals surface area contributed by atoms with Crippen LogP contribution in [0.1, 0.15) is 6.92 Å². The second kappa shape index (κ2) is 4.74. The Morgan fingerprint density at radius 3 is 2.50 bits per heavy atom. The molecule has 0 saturated heterocycles. The SMILES string of the molecule is CC#C[SiH2]OC. The van der Waals surface area contributed by atoms with E-state index in [4.69, 9.17) is 4.43 Å². The van der Waals surface area contributed by atoms with Crippen molar-refractivity contribution in [3.8, 4) is 11.5 Å². The highest BCUT2D eigenvalue weighted by atomic mass is 28.2. The van der Waals surface area contributed by atoms with E-state index in [1.165, 1.54) is 0 Å². The van der Waals surface area contributed by atoms with Gasteiger partial charge in [0.05, 0.1) is 0 Å². The van der Waals surface area contributed by atoms with Gasteiger partial charge in [0.15, 0.2) is 0 Å². The summed E-state index contributed by atoms with van der Waals surface area (Å²) in [5, 5.41) is 0. The van der Waals surface area contributed by atoms with Gasteiger partial charge in [0.2, 0.25) is 9.76 Å². The highest BCUT2D eigenvalue weighted by Crippen LogP contribution is 1.52. The van der Waals surface area contributed by atoms with E-state index in [-0.39, 0.29) is 0 Å². The standard InChI is InChI=1S/C4H8OSi/c1-3-4-6-5-2/h6H2,1-2H3. The smallest absolute Gasteiger partial charge is 0.240 e. The molecule has 0 N–H and O–H groups in total. The number of hydrogen-bond donors (Lipinski definition) is 0. The average molecular weight is 100 g/mol. The van der Waals surface area contributed by atoms with Crippen molar-refractivity contribution >= 4 is 9.76 Å². The summed E-state index contributed by atoms with van der Waals surface area (Å²) in [5.74, 6) is 2.76. The van der Waals surface area contributed by atoms with Crippen molar-refractivity contribution in [2.75, 3.05) is 7.11 Å². The maximum absolute atomic E-state index is 4.75. The topological polar surface area (TPSA) is 9.23 Å². The molecule has 6 heavy (non-hydrogen) atoms. The quantitative estimate of drug-likeness (QED) is 0.324. The zero-order valence-electron chi connectivity index (χ0n) is 4.12. The van der Waals surface area contributed by atoms with Gasteiger partial charge >= 0.3 is 0 Å². The van der Waals surface area contributed by atoms with E-state index in [9.17, 15) is 0 Å². The summed E-state index contributed by atoms with van der Waals surface area (Å²) in [4.78, 5) is 0. The molecule has 0 aliphatic rings. The van der Waals surface area contributed by atoms with Crippen LogP contribution in [0, 0.1) is 11.5 Å². The summed E-state index contributed by atoms with van der Waals surface area (Å²) in [6, 6.07) is 0. The molecule has 0 fully saturated rings. The van der Waals surface area contributed by atoms with Crippen LogP contribution in [0.2, 0.25) is 0 Å². The summed E-state index contributed by atoms with van der Waals surface area (Å²) < 4.78 is 4.75. The van der Waals surface area contributed by atoms with Crippen LogP contribution < -0.4 is 0 Å². The second-order valence-corrected chi connectivity index (χ2v) is 2.08. The van der Waals surface area contributed by atoms with Crippen LogP contribution in [0.4, 0.5) is 0 Å². The minimum absolute atomic E-state index is 0.439. The van der Waals surface area contributed by atoms with Gasteiger partial charge in [0.1, 0.15) is 0 Å². The van der Waals surface area contributed by atoms with Gasteiger partial charge in [0, 0.05) is 7.11 Å². The van der Waals surface area contributed by atoms with Crippen LogP contribution in [-0.4, -0.2) is 16.9 Å². The van der Waals surface area contributed by atoms with Crippen molar-refractivity contribution in [2.24, 2.45) is 0 Å². The molecule has 0 saturated carbocycles. The van der Waals surface area contributed by atoms with Crippen LogP contribution in [-0.2, 0) is 4.43 Å². The molecule has 0 unspecified atom stereocenters. The molecular formula is C4H8OSi. The van der Waals surface area contributed by atoms with Crippen LogP contribution >= 0.6 is 0 Å². The first-order valence-electron chi connectivity index (χ1n) is 1.80. The number of rotatable bonds is 1. The van der Waals surface area contributed by atoms with Gasteiger partial charge in [-0.15, -0.1) is 11.5 Å². The van der Waals surface area contributed by atoms with Crippen molar-refractivity contribution in [1.82, 2.24) is 0 Å². The zero-order chi connectivity index (χ0) is 4.83. The zero-order valence-corrected chi connectivity index (χ0v) is 5.53. The van der Waals surface area contributed by atoms with Crippen molar-refractivity contribution in [2.45, 2.75) is 6.92 Å². The highest BCUT2D eigenvalue weighted by Gasteiger charge is 1.64. The first-order chi connectivity index (χ1) is 2.91. The Labute approximate surface area is 40.6 Å². The molecule has 0 atom stereocenters. The van der Waals surface area contributed by atoms with E-state index in [1.54, 1.807) is 7.11 Å². The Morgan fingerprint density at radius 2 is 2.33 bits per heavy atom. The Morgan fingerprint density at radius 1 is 1.67 bits per heavy atom. The monoisotopic (exact) mass is 100 g/mol. The van der Waals surface area contributed by atoms with Gasteiger partial charge in [-0.3, -0.25) is 0 Å². The summed E-state index contributed by atoms with van der Waals surface area (Å²) in [5.41, 5.74) is 2.86. The Kier molecular flexibility index (Phi) is 4.53. The minimum atomic E-state index is -0.439. The van der Waals surface area contributed by atoms with Gasteiger partial charge in [-0.25, -0.2) is 0 Å². The van der Waals surface area contributed by atoms with Gasteiger partial charge < -0.3 is 4.43 Å². The molecule has 0 spiro atoms. The van der Waals surface area contributed by atoms with Crippen molar-refractivity contribution in [1.29, 1.82) is 0 Å². The number of hydrogen-bond acceptors (Lipinski definition) is 1. The maximum Gasteiger partial charge on any atom is 0.240 e. The van der Waals surface area contributed by atoms with E-state index in [2.05, 4.69) is 11.5 Å². The van der Waals surface area contributed by atoms with Crippen molar-refractivity contribution in [3.05, 3.63) is 0 Å². The first-order valence-corrected chi connectivity index (χ1v) is 3.08. The predicted molar refractivity (Wildman–Crippen MR) is 29.0 cm³/mol. The third-order valence-corrected chi connectivity index (χ3v) is 1.18. The van der Waals surface area contributed by atoms with Gasteiger partial charge in [0.25, 0.3) is 0 Å². The summed E-state index contributed by atoms with van der Waals surface area (Å²) in [7, 11) is 1.25. The van der Waals surface area contributed by atoms with Gasteiger partial charge in [-0.05, 0) is 6.92 Å². The Bertz CT molecular complexity index is 69.4. The Hall–Kier alpha value is -0.263. The molecule has 2 heteroatoms. The summed E-state index contributed by atoms with van der Waals surface area (Å²) >= 11 is 0. The molecule has 0 heterocycles. The molecular weight excluding hydrogens is 92.1 g/mol. The van der Waals surface area contributed by atoms with Gasteiger partial charge in [-0.2, -0.15) is 0 Å². The van der Waals surface area contributed by atoms with Crippen molar-refractivity contribution < 1.29 is 4.43 Å². The van der Waals surface area contributed by atoms with E-state index in [1.807, 2.05) is 6.92 Å². The molecule has 0 aromatic rings. The molecule has 0 amide bonds. The van der Waals surface area contributed by atoms with E-state index in [0.29, 0.717) is 0 Å². The third kappa shape index (κ3) is 3.74. The van der Waals surface area contributed by atoms with E-state index in [0.717, 1.165) is 0 Å². The largest absolute Gasteiger partial charge is 0.414 e. The lowest BCUT2D eigenvalue weighted by atomic mass is 10.8. The lowest BCUT2D eigenvalue weighted by molar-refractivity contribution is 0.451. The highest BCUT2D eigenvalue weighted by molar-refractivity contribution is 6.38. The van der Waals surface area contributed by atoms with Crippen LogP contribution in [0.3, 0.4) is 0 Å². The molecule has 0 rings (SSSR count). The molecule has 0 aromatic carbocycles. The summed E-state index contributed by atoms with van der Waals surface area (Å²) in [6.07, 6.45) is 0. The summed E-state index contributed by atoms with van der Waals surface area (Å²) in [6.45, 7) is 1.83. The fourth-order valence-corrected chi connectivity index (χ4v) is 0.433. The Balaban J connectivity index is 2.79. The third-order valence-electron chi connectivity index (χ3n) is 0.393. The normalized spacial score (nSPS) is 8.33. The molecule has 0 bridgehead atoms.